The molecule has 2 heterocycles. The fourth-order valence-electron chi connectivity index (χ4n) is 1.71. The van der Waals surface area contributed by atoms with Crippen molar-refractivity contribution in [2.45, 2.75) is 31.6 Å². The predicted molar refractivity (Wildman–Crippen MR) is 66.0 cm³/mol. The molecule has 1 aromatic rings. The third-order valence-electron chi connectivity index (χ3n) is 2.52. The molecule has 0 aromatic carbocycles. The molecule has 2 rings (SSSR count). The summed E-state index contributed by atoms with van der Waals surface area (Å²) in [6, 6.07) is 1.55. The summed E-state index contributed by atoms with van der Waals surface area (Å²) in [5, 5.41) is 3.57. The maximum absolute atomic E-state index is 11.9. The van der Waals surface area contributed by atoms with Crippen LogP contribution in [-0.2, 0) is 11.3 Å². The van der Waals surface area contributed by atoms with Crippen LogP contribution in [0.25, 0.3) is 0 Å². The number of aromatic nitrogens is 2. The normalized spacial score (nSPS) is 18.9. The Hall–Kier alpha value is -1.30. The first-order chi connectivity index (χ1) is 8.08. The van der Waals surface area contributed by atoms with Crippen molar-refractivity contribution in [1.82, 2.24) is 14.9 Å². The third-order valence-corrected chi connectivity index (χ3v) is 3.67. The molecule has 0 bridgehead atoms. The van der Waals surface area contributed by atoms with Crippen molar-refractivity contribution < 1.29 is 4.79 Å². The number of amides is 1. The lowest BCUT2D eigenvalue weighted by Crippen LogP contribution is -2.42. The summed E-state index contributed by atoms with van der Waals surface area (Å²) in [6.45, 7) is 4.28. The van der Waals surface area contributed by atoms with Crippen LogP contribution in [0.2, 0.25) is 0 Å². The maximum atomic E-state index is 11.9. The number of fused-ring (bicyclic) bond motifs is 1. The molecule has 0 radical (unpaired) electrons. The molecule has 0 fully saturated rings. The zero-order valence-corrected chi connectivity index (χ0v) is 10.7. The second-order valence-electron chi connectivity index (χ2n) is 4.35. The number of nitrogens with one attached hydrogen (secondary N) is 1. The van der Waals surface area contributed by atoms with E-state index in [4.69, 9.17) is 0 Å². The predicted octanol–water partition coefficient (Wildman–Crippen LogP) is 0.490. The first-order valence-corrected chi connectivity index (χ1v) is 6.55. The third kappa shape index (κ3) is 2.69. The van der Waals surface area contributed by atoms with Gasteiger partial charge in [0.05, 0.1) is 5.92 Å². The van der Waals surface area contributed by atoms with E-state index in [2.05, 4.69) is 10.3 Å². The smallest absolute Gasteiger partial charge is 0.254 e. The van der Waals surface area contributed by atoms with E-state index in [0.29, 0.717) is 17.5 Å². The van der Waals surface area contributed by atoms with E-state index in [9.17, 15) is 9.59 Å². The van der Waals surface area contributed by atoms with Gasteiger partial charge in [0.15, 0.2) is 5.16 Å². The molecule has 1 unspecified atom stereocenters. The minimum Gasteiger partial charge on any atom is -0.354 e. The minimum absolute atomic E-state index is 0.00824. The van der Waals surface area contributed by atoms with Crippen molar-refractivity contribution >= 4 is 17.7 Å². The molecular formula is C11H15N3O2S. The highest BCUT2D eigenvalue weighted by Crippen LogP contribution is 2.24. The van der Waals surface area contributed by atoms with Gasteiger partial charge in [0.1, 0.15) is 0 Å². The van der Waals surface area contributed by atoms with E-state index >= 15 is 0 Å². The second-order valence-corrected chi connectivity index (χ2v) is 5.33. The number of carbonyl (C=O) groups is 1. The number of nitrogens with zero attached hydrogens (tertiary/aromatic N) is 2. The zero-order chi connectivity index (χ0) is 12.4. The van der Waals surface area contributed by atoms with Gasteiger partial charge in [-0.15, -0.1) is 0 Å². The summed E-state index contributed by atoms with van der Waals surface area (Å²) in [5.74, 6) is 0.528. The monoisotopic (exact) mass is 253 g/mol. The van der Waals surface area contributed by atoms with Gasteiger partial charge in [-0.3, -0.25) is 14.2 Å². The molecule has 1 aliphatic heterocycles. The number of thioether (sulfide) groups is 1. The number of rotatable bonds is 2. The molecule has 1 aliphatic rings. The summed E-state index contributed by atoms with van der Waals surface area (Å²) < 4.78 is 1.57. The quantitative estimate of drug-likeness (QED) is 0.779. The van der Waals surface area contributed by atoms with Crippen LogP contribution in [0, 0.1) is 5.92 Å². The standard InChI is InChI=1S/C11H15N3O2S/c1-7(2)13-10(16)8-5-14-9(15)3-4-12-11(14)17-6-8/h3-4,7-8H,5-6H2,1-2H3,(H,13,16). The summed E-state index contributed by atoms with van der Waals surface area (Å²) in [6.07, 6.45) is 1.51. The van der Waals surface area contributed by atoms with E-state index in [0.717, 1.165) is 0 Å². The molecule has 6 heteroatoms. The molecule has 0 spiro atoms. The molecule has 5 nitrogen and oxygen atoms in total. The Labute approximate surface area is 104 Å². The number of hydrogen-bond acceptors (Lipinski definition) is 4. The molecular weight excluding hydrogens is 238 g/mol. The molecule has 92 valence electrons. The highest BCUT2D eigenvalue weighted by atomic mass is 32.2. The van der Waals surface area contributed by atoms with Crippen LogP contribution < -0.4 is 10.9 Å². The van der Waals surface area contributed by atoms with Crippen LogP contribution in [0.4, 0.5) is 0 Å². The second kappa shape index (κ2) is 4.91. The molecule has 0 aliphatic carbocycles. The highest BCUT2D eigenvalue weighted by Gasteiger charge is 2.26. The fraction of sp³-hybridized carbons (Fsp3) is 0.545. The topological polar surface area (TPSA) is 64.0 Å². The van der Waals surface area contributed by atoms with E-state index in [1.165, 1.54) is 24.0 Å². The van der Waals surface area contributed by atoms with Crippen LogP contribution in [0.1, 0.15) is 13.8 Å². The largest absolute Gasteiger partial charge is 0.354 e. The van der Waals surface area contributed by atoms with Gasteiger partial charge in [0, 0.05) is 30.6 Å². The molecule has 1 aromatic heterocycles. The van der Waals surface area contributed by atoms with Gasteiger partial charge in [-0.05, 0) is 13.8 Å². The first-order valence-electron chi connectivity index (χ1n) is 5.57. The Morgan fingerprint density at radius 1 is 1.65 bits per heavy atom. The average molecular weight is 253 g/mol. The maximum Gasteiger partial charge on any atom is 0.254 e. The number of carbonyl (C=O) groups excluding carboxylic acids is 1. The van der Waals surface area contributed by atoms with Crippen LogP contribution in [0.15, 0.2) is 22.2 Å². The Bertz CT molecular complexity index is 484. The SMILES string of the molecule is CC(C)NC(=O)C1CSc2nccc(=O)n2C1. The Kier molecular flexibility index (Phi) is 3.51. The molecule has 0 saturated carbocycles. The molecule has 1 N–H and O–H groups in total. The van der Waals surface area contributed by atoms with Crippen molar-refractivity contribution in [3.63, 3.8) is 0 Å². The van der Waals surface area contributed by atoms with Crippen molar-refractivity contribution in [3.05, 3.63) is 22.6 Å². The van der Waals surface area contributed by atoms with E-state index in [1.54, 1.807) is 4.57 Å². The summed E-state index contributed by atoms with van der Waals surface area (Å²) in [4.78, 5) is 27.6. The first kappa shape index (κ1) is 12.2. The van der Waals surface area contributed by atoms with Gasteiger partial charge in [-0.2, -0.15) is 0 Å². The average Bonchev–Trinajstić information content (AvgIpc) is 2.28. The van der Waals surface area contributed by atoms with E-state index in [-0.39, 0.29) is 23.4 Å². The summed E-state index contributed by atoms with van der Waals surface area (Å²) in [5.41, 5.74) is -0.0930. The van der Waals surface area contributed by atoms with Crippen LogP contribution in [-0.4, -0.2) is 27.3 Å². The van der Waals surface area contributed by atoms with Gasteiger partial charge in [-0.25, -0.2) is 4.98 Å². The van der Waals surface area contributed by atoms with Gasteiger partial charge in [0.2, 0.25) is 5.91 Å². The van der Waals surface area contributed by atoms with Gasteiger partial charge in [-0.1, -0.05) is 11.8 Å². The Morgan fingerprint density at radius 2 is 2.41 bits per heavy atom. The van der Waals surface area contributed by atoms with Gasteiger partial charge < -0.3 is 5.32 Å². The van der Waals surface area contributed by atoms with E-state index in [1.807, 2.05) is 13.8 Å². The summed E-state index contributed by atoms with van der Waals surface area (Å²) >= 11 is 1.46. The van der Waals surface area contributed by atoms with Crippen LogP contribution >= 0.6 is 11.8 Å². The molecule has 1 amide bonds. The van der Waals surface area contributed by atoms with Crippen molar-refractivity contribution in [2.24, 2.45) is 5.92 Å². The van der Waals surface area contributed by atoms with Crippen molar-refractivity contribution in [2.75, 3.05) is 5.75 Å². The van der Waals surface area contributed by atoms with Crippen molar-refractivity contribution in [3.8, 4) is 0 Å². The van der Waals surface area contributed by atoms with Gasteiger partial charge in [0.25, 0.3) is 5.56 Å². The van der Waals surface area contributed by atoms with Crippen molar-refractivity contribution in [1.29, 1.82) is 0 Å². The Morgan fingerprint density at radius 3 is 3.12 bits per heavy atom. The molecule has 0 saturated heterocycles. The lowest BCUT2D eigenvalue weighted by molar-refractivity contribution is -0.125. The lowest BCUT2D eigenvalue weighted by Gasteiger charge is -2.24. The number of hydrogen-bond donors (Lipinski definition) is 1. The zero-order valence-electron chi connectivity index (χ0n) is 9.84. The van der Waals surface area contributed by atoms with Gasteiger partial charge >= 0.3 is 0 Å². The molecule has 1 atom stereocenters. The minimum atomic E-state index is -0.156. The summed E-state index contributed by atoms with van der Waals surface area (Å²) in [7, 11) is 0. The van der Waals surface area contributed by atoms with Crippen LogP contribution in [0.5, 0.6) is 0 Å². The Balaban J connectivity index is 2.16. The fourth-order valence-corrected chi connectivity index (χ4v) is 2.77. The lowest BCUT2D eigenvalue weighted by atomic mass is 10.1. The van der Waals surface area contributed by atoms with Crippen LogP contribution in [0.3, 0.4) is 0 Å². The highest BCUT2D eigenvalue weighted by molar-refractivity contribution is 7.99. The van der Waals surface area contributed by atoms with E-state index < -0.39 is 0 Å². The molecule has 17 heavy (non-hydrogen) atoms.